The van der Waals surface area contributed by atoms with E-state index in [1.165, 1.54) is 25.4 Å². The zero-order chi connectivity index (χ0) is 27.9. The number of nitrogens with zero attached hydrogens (tertiary/aromatic N) is 5. The molecule has 1 aliphatic rings. The number of halogens is 7. The largest absolute Gasteiger partial charge is 0.416 e. The average molecular weight is 551 g/mol. The van der Waals surface area contributed by atoms with Gasteiger partial charge in [0.25, 0.3) is 0 Å². The SMILES string of the molecule is C[C@@H](O[C@H]1Cc2nnc(-c3ccncn3)n2C[C@@H]1c1ccc(F)cc1)c1cc(C(F)(F)F)cc(C(F)(F)F)c1. The Morgan fingerprint density at radius 2 is 1.59 bits per heavy atom. The first-order chi connectivity index (χ1) is 18.4. The highest BCUT2D eigenvalue weighted by molar-refractivity contribution is 5.49. The molecule has 0 amide bonds. The quantitative estimate of drug-likeness (QED) is 0.269. The van der Waals surface area contributed by atoms with Crippen LogP contribution in [0.25, 0.3) is 11.5 Å². The number of aromatic nitrogens is 5. The predicted octanol–water partition coefficient (Wildman–Crippen LogP) is 6.40. The minimum absolute atomic E-state index is 0.0787. The second kappa shape index (κ2) is 10.0. The Morgan fingerprint density at radius 1 is 0.923 bits per heavy atom. The van der Waals surface area contributed by atoms with Gasteiger partial charge in [0, 0.05) is 25.1 Å². The normalized spacial score (nSPS) is 18.6. The molecule has 3 atom stereocenters. The summed E-state index contributed by atoms with van der Waals surface area (Å²) < 4.78 is 102. The third-order valence-corrected chi connectivity index (χ3v) is 6.61. The van der Waals surface area contributed by atoms with E-state index in [1.54, 1.807) is 24.4 Å². The van der Waals surface area contributed by atoms with Crippen LogP contribution in [0.5, 0.6) is 0 Å². The van der Waals surface area contributed by atoms with Crippen molar-refractivity contribution in [1.82, 2.24) is 24.7 Å². The smallest absolute Gasteiger partial charge is 0.369 e. The van der Waals surface area contributed by atoms with Gasteiger partial charge in [-0.1, -0.05) is 12.1 Å². The molecule has 3 heterocycles. The lowest BCUT2D eigenvalue weighted by Crippen LogP contribution is -2.35. The molecular weight excluding hydrogens is 531 g/mol. The van der Waals surface area contributed by atoms with E-state index in [4.69, 9.17) is 4.74 Å². The second-order valence-corrected chi connectivity index (χ2v) is 9.16. The number of hydrogen-bond donors (Lipinski definition) is 0. The summed E-state index contributed by atoms with van der Waals surface area (Å²) in [6, 6.07) is 8.71. The average Bonchev–Trinajstić information content (AvgIpc) is 3.31. The van der Waals surface area contributed by atoms with Crippen molar-refractivity contribution in [3.8, 4) is 11.5 Å². The lowest BCUT2D eigenvalue weighted by Gasteiger charge is -2.35. The van der Waals surface area contributed by atoms with E-state index in [0.717, 1.165) is 0 Å². The number of fused-ring (bicyclic) bond motifs is 1. The maximum absolute atomic E-state index is 13.7. The Kier molecular flexibility index (Phi) is 6.87. The van der Waals surface area contributed by atoms with Gasteiger partial charge in [-0.2, -0.15) is 26.3 Å². The van der Waals surface area contributed by atoms with E-state index < -0.39 is 47.4 Å². The molecule has 0 unspecified atom stereocenters. The van der Waals surface area contributed by atoms with Crippen molar-refractivity contribution in [1.29, 1.82) is 0 Å². The Labute approximate surface area is 217 Å². The molecule has 0 aliphatic carbocycles. The molecule has 0 fully saturated rings. The highest BCUT2D eigenvalue weighted by atomic mass is 19.4. The van der Waals surface area contributed by atoms with E-state index >= 15 is 0 Å². The molecule has 13 heteroatoms. The Bertz CT molecular complexity index is 1420. The number of alkyl halides is 6. The van der Waals surface area contributed by atoms with Gasteiger partial charge in [0.2, 0.25) is 0 Å². The molecule has 0 spiro atoms. The molecule has 0 bridgehead atoms. The van der Waals surface area contributed by atoms with Crippen molar-refractivity contribution in [2.75, 3.05) is 0 Å². The highest BCUT2D eigenvalue weighted by Gasteiger charge is 2.39. The van der Waals surface area contributed by atoms with E-state index in [-0.39, 0.29) is 24.6 Å². The number of rotatable bonds is 5. The van der Waals surface area contributed by atoms with Gasteiger partial charge in [0.05, 0.1) is 23.3 Å². The predicted molar refractivity (Wildman–Crippen MR) is 124 cm³/mol. The molecule has 5 rings (SSSR count). The van der Waals surface area contributed by atoms with Gasteiger partial charge in [0.15, 0.2) is 5.82 Å². The zero-order valence-corrected chi connectivity index (χ0v) is 20.2. The molecule has 1 aliphatic heterocycles. The van der Waals surface area contributed by atoms with Crippen LogP contribution in [0, 0.1) is 5.82 Å². The van der Waals surface area contributed by atoms with Crippen LogP contribution >= 0.6 is 0 Å². The van der Waals surface area contributed by atoms with Gasteiger partial charge in [-0.25, -0.2) is 14.4 Å². The van der Waals surface area contributed by atoms with Crippen LogP contribution in [0.3, 0.4) is 0 Å². The van der Waals surface area contributed by atoms with Crippen LogP contribution in [-0.4, -0.2) is 30.8 Å². The highest BCUT2D eigenvalue weighted by Crippen LogP contribution is 2.40. The minimum atomic E-state index is -4.98. The van der Waals surface area contributed by atoms with Gasteiger partial charge in [-0.05, 0) is 54.4 Å². The third-order valence-electron chi connectivity index (χ3n) is 6.61. The molecule has 0 N–H and O–H groups in total. The van der Waals surface area contributed by atoms with Gasteiger partial charge in [0.1, 0.15) is 23.7 Å². The maximum Gasteiger partial charge on any atom is 0.416 e. The fourth-order valence-corrected chi connectivity index (χ4v) is 4.65. The van der Waals surface area contributed by atoms with Crippen molar-refractivity contribution in [2.24, 2.45) is 0 Å². The summed E-state index contributed by atoms with van der Waals surface area (Å²) in [5.41, 5.74) is -1.94. The van der Waals surface area contributed by atoms with Crippen LogP contribution in [0.4, 0.5) is 30.7 Å². The lowest BCUT2D eigenvalue weighted by molar-refractivity contribution is -0.143. The van der Waals surface area contributed by atoms with Crippen LogP contribution in [0.2, 0.25) is 0 Å². The Balaban J connectivity index is 1.51. The summed E-state index contributed by atoms with van der Waals surface area (Å²) in [6.45, 7) is 1.64. The van der Waals surface area contributed by atoms with E-state index in [9.17, 15) is 30.7 Å². The molecule has 2 aromatic heterocycles. The van der Waals surface area contributed by atoms with Crippen molar-refractivity contribution >= 4 is 0 Å². The molecule has 6 nitrogen and oxygen atoms in total. The van der Waals surface area contributed by atoms with Gasteiger partial charge < -0.3 is 9.30 Å². The van der Waals surface area contributed by atoms with Crippen molar-refractivity contribution in [3.63, 3.8) is 0 Å². The van der Waals surface area contributed by atoms with E-state index in [1.807, 2.05) is 4.57 Å². The number of benzene rings is 2. The monoisotopic (exact) mass is 551 g/mol. The van der Waals surface area contributed by atoms with Gasteiger partial charge >= 0.3 is 12.4 Å². The maximum atomic E-state index is 13.7. The summed E-state index contributed by atoms with van der Waals surface area (Å²) in [5, 5.41) is 8.43. The summed E-state index contributed by atoms with van der Waals surface area (Å²) in [5.74, 6) is 0.0404. The second-order valence-electron chi connectivity index (χ2n) is 9.16. The third kappa shape index (κ3) is 5.63. The molecule has 0 saturated carbocycles. The van der Waals surface area contributed by atoms with Crippen molar-refractivity contribution in [2.45, 2.75) is 50.4 Å². The van der Waals surface area contributed by atoms with E-state index in [2.05, 4.69) is 20.2 Å². The molecule has 39 heavy (non-hydrogen) atoms. The first kappa shape index (κ1) is 26.7. The minimum Gasteiger partial charge on any atom is -0.369 e. The lowest BCUT2D eigenvalue weighted by atomic mass is 9.88. The van der Waals surface area contributed by atoms with Crippen LogP contribution < -0.4 is 0 Å². The molecule has 2 aromatic carbocycles. The summed E-state index contributed by atoms with van der Waals surface area (Å²) in [7, 11) is 0. The van der Waals surface area contributed by atoms with Gasteiger partial charge in [-0.15, -0.1) is 10.2 Å². The first-order valence-corrected chi connectivity index (χ1v) is 11.8. The summed E-state index contributed by atoms with van der Waals surface area (Å²) in [4.78, 5) is 8.09. The fourth-order valence-electron chi connectivity index (χ4n) is 4.65. The van der Waals surface area contributed by atoms with Crippen LogP contribution in [-0.2, 0) is 30.1 Å². The topological polar surface area (TPSA) is 65.7 Å². The summed E-state index contributed by atoms with van der Waals surface area (Å²) in [6.07, 6.45) is -8.77. The van der Waals surface area contributed by atoms with Crippen molar-refractivity contribution < 1.29 is 35.5 Å². The van der Waals surface area contributed by atoms with Crippen LogP contribution in [0.1, 0.15) is 47.0 Å². The molecule has 4 aromatic rings. The molecule has 204 valence electrons. The van der Waals surface area contributed by atoms with E-state index in [0.29, 0.717) is 35.0 Å². The first-order valence-electron chi connectivity index (χ1n) is 11.8. The number of ether oxygens (including phenoxy) is 1. The standard InChI is InChI=1S/C26H20F7N5O/c1-14(16-8-17(25(28,29)30)10-18(9-16)26(31,32)33)39-22-11-23-36-37-24(21-6-7-34-13-35-21)38(23)12-20(22)15-2-4-19(27)5-3-15/h2-10,13-14,20,22H,11-12H2,1H3/t14-,20-,22+/m1/s1. The zero-order valence-electron chi connectivity index (χ0n) is 20.2. The fraction of sp³-hybridized carbons (Fsp3) is 0.308. The molecular formula is C26H20F7N5O. The molecule has 0 radical (unpaired) electrons. The number of hydrogen-bond acceptors (Lipinski definition) is 5. The molecule has 0 saturated heterocycles. The Morgan fingerprint density at radius 3 is 2.18 bits per heavy atom. The Hall–Kier alpha value is -3.87. The van der Waals surface area contributed by atoms with Gasteiger partial charge in [-0.3, -0.25) is 0 Å². The van der Waals surface area contributed by atoms with Crippen LogP contribution in [0.15, 0.2) is 61.1 Å². The van der Waals surface area contributed by atoms with Crippen molar-refractivity contribution in [3.05, 3.63) is 95.0 Å². The summed E-state index contributed by atoms with van der Waals surface area (Å²) >= 11 is 0.